The van der Waals surface area contributed by atoms with E-state index in [9.17, 15) is 27.6 Å². The number of nitrogens with one attached hydrogen (secondary N) is 3. The van der Waals surface area contributed by atoms with Gasteiger partial charge in [-0.1, -0.05) is 38.8 Å². The molecule has 5 atom stereocenters. The Kier molecular flexibility index (Phi) is 13.1. The summed E-state index contributed by atoms with van der Waals surface area (Å²) in [6.45, 7) is 11.0. The van der Waals surface area contributed by atoms with Crippen LogP contribution in [0.2, 0.25) is 0 Å². The third-order valence-electron chi connectivity index (χ3n) is 11.9. The molecule has 3 aliphatic carbocycles. The van der Waals surface area contributed by atoms with Crippen molar-refractivity contribution in [1.29, 1.82) is 0 Å². The summed E-state index contributed by atoms with van der Waals surface area (Å²) in [5.41, 5.74) is 0.416. The second-order valence-electron chi connectivity index (χ2n) is 18.1. The van der Waals surface area contributed by atoms with E-state index < -0.39 is 73.8 Å². The number of alkyl carbamates (subject to hydrolysis) is 1. The van der Waals surface area contributed by atoms with Crippen LogP contribution < -0.4 is 20.1 Å². The Labute approximate surface area is 357 Å². The van der Waals surface area contributed by atoms with Crippen molar-refractivity contribution in [3.8, 4) is 16.7 Å². The van der Waals surface area contributed by atoms with Gasteiger partial charge in [-0.2, -0.15) is 4.98 Å². The first-order valence-electron chi connectivity index (χ1n) is 20.8. The number of ether oxygens (including phenoxy) is 2. The van der Waals surface area contributed by atoms with Crippen molar-refractivity contribution in [2.24, 2.45) is 5.92 Å². The smallest absolute Gasteiger partial charge is 0.408 e. The molecule has 4 heterocycles. The third-order valence-corrected chi connectivity index (χ3v) is 14.9. The van der Waals surface area contributed by atoms with E-state index in [0.29, 0.717) is 48.8 Å². The molecule has 59 heavy (non-hydrogen) atoms. The van der Waals surface area contributed by atoms with Gasteiger partial charge in [-0.05, 0) is 97.8 Å². The number of fused-ring (bicyclic) bond motifs is 3. The maximum absolute atomic E-state index is 14.7. The van der Waals surface area contributed by atoms with Crippen LogP contribution in [0.25, 0.3) is 10.8 Å². The summed E-state index contributed by atoms with van der Waals surface area (Å²) in [5.74, 6) is -1.22. The number of carbonyl (C=O) groups excluding carboxylic acids is 4. The van der Waals surface area contributed by atoms with Gasteiger partial charge in [0.2, 0.25) is 27.7 Å². The fourth-order valence-corrected chi connectivity index (χ4v) is 10.2. The van der Waals surface area contributed by atoms with Gasteiger partial charge in [-0.15, -0.1) is 23.7 Å². The quantitative estimate of drug-likeness (QED) is 0.277. The van der Waals surface area contributed by atoms with Gasteiger partial charge in [0.25, 0.3) is 5.91 Å². The fraction of sp³-hybridized carbons (Fsp3) is 0.683. The summed E-state index contributed by atoms with van der Waals surface area (Å²) < 4.78 is 39.9. The molecule has 4 amide bonds. The molecule has 3 N–H and O–H groups in total. The molecule has 0 spiro atoms. The second-order valence-corrected chi connectivity index (χ2v) is 21.2. The summed E-state index contributed by atoms with van der Waals surface area (Å²) in [6, 6.07) is -2.11. The Bertz CT molecular complexity index is 2080. The molecule has 3 fully saturated rings. The van der Waals surface area contributed by atoms with Gasteiger partial charge >= 0.3 is 6.09 Å². The summed E-state index contributed by atoms with van der Waals surface area (Å²) in [6.07, 6.45) is 10.2. The van der Waals surface area contributed by atoms with Gasteiger partial charge in [0.1, 0.15) is 29.3 Å². The first kappa shape index (κ1) is 44.7. The van der Waals surface area contributed by atoms with Crippen LogP contribution in [-0.2, 0) is 42.0 Å². The number of carbonyl (C=O) groups is 4. The van der Waals surface area contributed by atoms with Gasteiger partial charge in [-0.3, -0.25) is 19.1 Å². The number of aromatic nitrogens is 3. The topological polar surface area (TPSA) is 199 Å². The Balaban J connectivity index is 0.00000585. The van der Waals surface area contributed by atoms with Crippen molar-refractivity contribution in [2.45, 2.75) is 165 Å². The molecule has 2 aromatic rings. The van der Waals surface area contributed by atoms with Crippen LogP contribution in [0, 0.1) is 5.92 Å². The highest BCUT2D eigenvalue weighted by Crippen LogP contribution is 2.47. The molecule has 5 aliphatic rings. The number of rotatable bonds is 8. The number of sulfonamides is 1. The minimum absolute atomic E-state index is 0. The number of allylic oxidation sites excluding steroid dienone is 1. The number of nitrogens with zero attached hydrogens (tertiary/aromatic N) is 4. The molecule has 2 aromatic heterocycles. The first-order chi connectivity index (χ1) is 27.4. The summed E-state index contributed by atoms with van der Waals surface area (Å²) >= 11 is 1.47. The molecule has 2 saturated carbocycles. The van der Waals surface area contributed by atoms with Crippen LogP contribution in [0.4, 0.5) is 4.79 Å². The van der Waals surface area contributed by atoms with Gasteiger partial charge in [-0.25, -0.2) is 23.2 Å². The van der Waals surface area contributed by atoms with Crippen molar-refractivity contribution < 1.29 is 37.1 Å². The predicted molar refractivity (Wildman–Crippen MR) is 225 cm³/mol. The van der Waals surface area contributed by atoms with Crippen molar-refractivity contribution in [3.63, 3.8) is 0 Å². The van der Waals surface area contributed by atoms with E-state index >= 15 is 0 Å². The van der Waals surface area contributed by atoms with Crippen LogP contribution in [-0.4, -0.2) is 92.7 Å². The summed E-state index contributed by atoms with van der Waals surface area (Å²) in [4.78, 5) is 72.3. The number of amides is 4. The lowest BCUT2D eigenvalue weighted by Gasteiger charge is -2.30. The Morgan fingerprint density at radius 2 is 1.80 bits per heavy atom. The molecular weight excluding hydrogens is 818 g/mol. The zero-order valence-corrected chi connectivity index (χ0v) is 37.2. The SMILES string of the molecule is CC(C)c1csc(-c2nc3c(c(O[C@@H]4C[C@H]5C(=O)N[C@]6(C(=O)NS(=O)(=O)C7(C)CC7)C[C@H]6/C=C\CCCCC[C@H](NC(=O)OC(C)(C)C)C(=O)N5C4)n2)CCCC3)n1.Cl. The number of aryl methyl sites for hydroxylation is 1. The third kappa shape index (κ3) is 9.88. The highest BCUT2D eigenvalue weighted by molar-refractivity contribution is 7.91. The molecule has 18 heteroatoms. The van der Waals surface area contributed by atoms with Crippen LogP contribution >= 0.6 is 23.7 Å². The highest BCUT2D eigenvalue weighted by Gasteiger charge is 2.63. The normalized spacial score (nSPS) is 27.3. The van der Waals surface area contributed by atoms with E-state index in [1.165, 1.54) is 16.2 Å². The minimum atomic E-state index is -3.99. The summed E-state index contributed by atoms with van der Waals surface area (Å²) in [7, 11) is -3.99. The maximum Gasteiger partial charge on any atom is 0.408 e. The zero-order chi connectivity index (χ0) is 41.6. The number of hydrogen-bond donors (Lipinski definition) is 3. The van der Waals surface area contributed by atoms with E-state index in [1.807, 2.05) is 17.5 Å². The second kappa shape index (κ2) is 17.3. The van der Waals surface area contributed by atoms with Crippen LogP contribution in [0.15, 0.2) is 17.5 Å². The Hall–Kier alpha value is -3.83. The van der Waals surface area contributed by atoms with Crippen LogP contribution in [0.1, 0.15) is 135 Å². The van der Waals surface area contributed by atoms with Crippen LogP contribution in [0.5, 0.6) is 5.88 Å². The highest BCUT2D eigenvalue weighted by atomic mass is 35.5. The average Bonchev–Trinajstić information content (AvgIpc) is 3.92. The number of thiazole rings is 1. The number of halogens is 1. The Morgan fingerprint density at radius 1 is 1.05 bits per heavy atom. The average molecular weight is 877 g/mol. The molecule has 2 aliphatic heterocycles. The van der Waals surface area contributed by atoms with Gasteiger partial charge in [0.05, 0.1) is 22.7 Å². The van der Waals surface area contributed by atoms with Crippen LogP contribution in [0.3, 0.4) is 0 Å². The van der Waals surface area contributed by atoms with E-state index in [1.54, 1.807) is 27.7 Å². The Morgan fingerprint density at radius 3 is 2.49 bits per heavy atom. The molecule has 0 aromatic carbocycles. The lowest BCUT2D eigenvalue weighted by Crippen LogP contribution is -2.58. The van der Waals surface area contributed by atoms with Gasteiger partial charge < -0.3 is 25.0 Å². The molecule has 15 nitrogen and oxygen atoms in total. The maximum atomic E-state index is 14.7. The first-order valence-corrected chi connectivity index (χ1v) is 23.1. The molecule has 7 rings (SSSR count). The largest absolute Gasteiger partial charge is 0.472 e. The van der Waals surface area contributed by atoms with E-state index in [4.69, 9.17) is 24.4 Å². The summed E-state index contributed by atoms with van der Waals surface area (Å²) in [5, 5.41) is 8.39. The predicted octanol–water partition coefficient (Wildman–Crippen LogP) is 5.66. The molecule has 0 bridgehead atoms. The molecular formula is C41H58ClN7O8S2. The van der Waals surface area contributed by atoms with E-state index in [0.717, 1.165) is 55.5 Å². The van der Waals surface area contributed by atoms with Crippen molar-refractivity contribution >= 4 is 57.6 Å². The molecule has 0 unspecified atom stereocenters. The molecule has 0 radical (unpaired) electrons. The van der Waals surface area contributed by atoms with Gasteiger partial charge in [0.15, 0.2) is 10.8 Å². The van der Waals surface area contributed by atoms with Crippen molar-refractivity contribution in [1.82, 2.24) is 35.2 Å². The van der Waals surface area contributed by atoms with Crippen molar-refractivity contribution in [3.05, 3.63) is 34.5 Å². The van der Waals surface area contributed by atoms with E-state index in [2.05, 4.69) is 29.2 Å². The zero-order valence-electron chi connectivity index (χ0n) is 34.8. The molecule has 324 valence electrons. The molecule has 1 saturated heterocycles. The van der Waals surface area contributed by atoms with Crippen molar-refractivity contribution in [2.75, 3.05) is 6.54 Å². The standard InChI is InChI=1S/C41H57N7O8S2.ClH/c1-24(2)30-23-57-35(43-30)32-42-28-16-13-12-15-27(28)34(45-32)55-26-20-31-33(49)46-41(37(51)47-58(53,54)40(6)18-19-40)21-25(41)14-10-8-7-9-11-17-29(36(50)48(31)22-26)44-38(52)56-39(3,4)5;/h10,14,23-26,29,31H,7-9,11-13,15-22H2,1-6H3,(H,44,52)(H,46,49)(H,47,51);1H/b14-10-;/t25-,26-,29+,31+,41-;/m1./s1. The lowest BCUT2D eigenvalue weighted by molar-refractivity contribution is -0.141. The monoisotopic (exact) mass is 875 g/mol. The van der Waals surface area contributed by atoms with Gasteiger partial charge in [0, 0.05) is 23.3 Å². The lowest BCUT2D eigenvalue weighted by atomic mass is 9.97. The van der Waals surface area contributed by atoms with E-state index in [-0.39, 0.29) is 37.7 Å². The number of hydrogen-bond acceptors (Lipinski definition) is 12. The minimum Gasteiger partial charge on any atom is -0.472 e. The fourth-order valence-electron chi connectivity index (χ4n) is 7.96.